The average Bonchev–Trinajstić information content (AvgIpc) is 2.66. The van der Waals surface area contributed by atoms with E-state index in [-0.39, 0.29) is 24.2 Å². The molecule has 0 spiro atoms. The van der Waals surface area contributed by atoms with Crippen LogP contribution >= 0.6 is 0 Å². The van der Waals surface area contributed by atoms with Crippen molar-refractivity contribution in [3.63, 3.8) is 0 Å². The Balaban J connectivity index is 1.73. The van der Waals surface area contributed by atoms with E-state index < -0.39 is 0 Å². The summed E-state index contributed by atoms with van der Waals surface area (Å²) in [4.78, 5) is 16.0. The van der Waals surface area contributed by atoms with E-state index >= 15 is 0 Å². The van der Waals surface area contributed by atoms with Crippen molar-refractivity contribution in [1.82, 2.24) is 10.3 Å². The van der Waals surface area contributed by atoms with Gasteiger partial charge in [-0.1, -0.05) is 36.4 Å². The van der Waals surface area contributed by atoms with Gasteiger partial charge in [-0.15, -0.1) is 0 Å². The van der Waals surface area contributed by atoms with Crippen LogP contribution in [-0.2, 0) is 16.0 Å². The first-order valence-corrected chi connectivity index (χ1v) is 9.25. The Morgan fingerprint density at radius 1 is 1.19 bits per heavy atom. The summed E-state index contributed by atoms with van der Waals surface area (Å²) in [5.74, 6) is 0.847. The number of rotatable bonds is 6. The maximum absolute atomic E-state index is 11.6. The highest BCUT2D eigenvalue weighted by molar-refractivity contribution is 5.73. The van der Waals surface area contributed by atoms with E-state index in [4.69, 9.17) is 4.74 Å². The van der Waals surface area contributed by atoms with Crippen LogP contribution in [0.25, 0.3) is 0 Å². The summed E-state index contributed by atoms with van der Waals surface area (Å²) in [6, 6.07) is 14.6. The average molecular weight is 353 g/mol. The van der Waals surface area contributed by atoms with Crippen molar-refractivity contribution in [1.29, 1.82) is 0 Å². The number of carbonyl (C=O) groups is 1. The minimum Gasteiger partial charge on any atom is -0.373 e. The zero-order valence-corrected chi connectivity index (χ0v) is 15.4. The first-order chi connectivity index (χ1) is 12.7. The van der Waals surface area contributed by atoms with Gasteiger partial charge in [0.1, 0.15) is 5.82 Å². The second kappa shape index (κ2) is 8.81. The largest absolute Gasteiger partial charge is 0.373 e. The van der Waals surface area contributed by atoms with Gasteiger partial charge in [0.2, 0.25) is 5.91 Å². The van der Waals surface area contributed by atoms with Crippen LogP contribution in [0.3, 0.4) is 0 Å². The van der Waals surface area contributed by atoms with E-state index in [0.29, 0.717) is 0 Å². The number of pyridine rings is 1. The minimum atomic E-state index is -0.0717. The molecule has 138 valence electrons. The standard InChI is InChI=1S/C21H27N3O2/c1-15(25)24-17-13-18(11-10-16-7-4-3-5-8-16)26-20(14-17)19-9-6-12-23-21(19)22-2/h3-9,12,17-18,20H,10-11,13-14H2,1-2H3,(H,22,23)(H,24,25)/t17-,18+,20+/m0/s1. The number of amides is 1. The predicted octanol–water partition coefficient (Wildman–Crippen LogP) is 3.48. The van der Waals surface area contributed by atoms with Crippen molar-refractivity contribution in [3.8, 4) is 0 Å². The number of nitrogens with zero attached hydrogens (tertiary/aromatic N) is 1. The normalized spacial score (nSPS) is 22.6. The molecule has 1 aromatic heterocycles. The fourth-order valence-corrected chi connectivity index (χ4v) is 3.67. The Hall–Kier alpha value is -2.40. The zero-order valence-electron chi connectivity index (χ0n) is 15.4. The molecule has 1 aromatic carbocycles. The first kappa shape index (κ1) is 18.4. The van der Waals surface area contributed by atoms with Gasteiger partial charge in [0.15, 0.2) is 0 Å². The van der Waals surface area contributed by atoms with Crippen LogP contribution < -0.4 is 10.6 Å². The molecule has 5 heteroatoms. The predicted molar refractivity (Wildman–Crippen MR) is 103 cm³/mol. The van der Waals surface area contributed by atoms with Crippen LogP contribution in [-0.4, -0.2) is 30.1 Å². The summed E-state index contributed by atoms with van der Waals surface area (Å²) >= 11 is 0. The molecule has 2 heterocycles. The van der Waals surface area contributed by atoms with Gasteiger partial charge in [0.25, 0.3) is 0 Å². The molecule has 2 N–H and O–H groups in total. The van der Waals surface area contributed by atoms with E-state index in [9.17, 15) is 4.79 Å². The third kappa shape index (κ3) is 4.82. The number of hydrogen-bond donors (Lipinski definition) is 2. The molecule has 3 rings (SSSR count). The lowest BCUT2D eigenvalue weighted by Gasteiger charge is -2.36. The van der Waals surface area contributed by atoms with E-state index in [0.717, 1.165) is 37.1 Å². The monoisotopic (exact) mass is 353 g/mol. The van der Waals surface area contributed by atoms with Crippen LogP contribution in [0, 0.1) is 0 Å². The van der Waals surface area contributed by atoms with Crippen LogP contribution in [0.2, 0.25) is 0 Å². The van der Waals surface area contributed by atoms with Crippen molar-refractivity contribution in [2.45, 2.75) is 50.9 Å². The molecule has 1 aliphatic heterocycles. The molecule has 26 heavy (non-hydrogen) atoms. The third-order valence-corrected chi connectivity index (χ3v) is 4.83. The molecule has 0 unspecified atom stereocenters. The molecule has 1 saturated heterocycles. The first-order valence-electron chi connectivity index (χ1n) is 9.25. The van der Waals surface area contributed by atoms with Gasteiger partial charge in [0, 0.05) is 31.8 Å². The number of hydrogen-bond acceptors (Lipinski definition) is 4. The molecular weight excluding hydrogens is 326 g/mol. The Kier molecular flexibility index (Phi) is 6.23. The highest BCUT2D eigenvalue weighted by atomic mass is 16.5. The van der Waals surface area contributed by atoms with E-state index in [1.54, 1.807) is 13.1 Å². The Labute approximate surface area is 155 Å². The summed E-state index contributed by atoms with van der Waals surface area (Å²) < 4.78 is 6.42. The SMILES string of the molecule is CNc1ncccc1[C@H]1C[C@@H](NC(C)=O)C[C@@H](CCc2ccccc2)O1. The summed E-state index contributed by atoms with van der Waals surface area (Å²) in [6.07, 6.45) is 5.33. The summed E-state index contributed by atoms with van der Waals surface area (Å²) in [5.41, 5.74) is 2.36. The summed E-state index contributed by atoms with van der Waals surface area (Å²) in [5, 5.41) is 6.23. The van der Waals surface area contributed by atoms with Gasteiger partial charge in [-0.2, -0.15) is 0 Å². The Morgan fingerprint density at radius 2 is 2.00 bits per heavy atom. The van der Waals surface area contributed by atoms with E-state index in [2.05, 4.69) is 39.9 Å². The number of ether oxygens (including phenoxy) is 1. The van der Waals surface area contributed by atoms with Gasteiger partial charge in [-0.05, 0) is 37.3 Å². The van der Waals surface area contributed by atoms with Gasteiger partial charge in [-0.3, -0.25) is 4.79 Å². The minimum absolute atomic E-state index is 0.0116. The molecule has 5 nitrogen and oxygen atoms in total. The molecule has 1 amide bonds. The van der Waals surface area contributed by atoms with Crippen LogP contribution in [0.4, 0.5) is 5.82 Å². The lowest BCUT2D eigenvalue weighted by Crippen LogP contribution is -2.42. The van der Waals surface area contributed by atoms with Crippen LogP contribution in [0.1, 0.15) is 43.4 Å². The molecule has 0 aliphatic carbocycles. The molecule has 1 aliphatic rings. The van der Waals surface area contributed by atoms with E-state index in [1.165, 1.54) is 5.56 Å². The fourth-order valence-electron chi connectivity index (χ4n) is 3.67. The number of carbonyl (C=O) groups excluding carboxylic acids is 1. The molecule has 0 bridgehead atoms. The molecule has 1 fully saturated rings. The number of benzene rings is 1. The lowest BCUT2D eigenvalue weighted by atomic mass is 9.91. The number of aromatic nitrogens is 1. The van der Waals surface area contributed by atoms with Crippen molar-refractivity contribution in [2.75, 3.05) is 12.4 Å². The second-order valence-electron chi connectivity index (χ2n) is 6.83. The number of nitrogens with one attached hydrogen (secondary N) is 2. The highest BCUT2D eigenvalue weighted by Crippen LogP contribution is 2.35. The molecular formula is C21H27N3O2. The number of aryl methyl sites for hydroxylation is 1. The van der Waals surface area contributed by atoms with Gasteiger partial charge in [-0.25, -0.2) is 4.98 Å². The van der Waals surface area contributed by atoms with Crippen LogP contribution in [0.5, 0.6) is 0 Å². The maximum atomic E-state index is 11.6. The lowest BCUT2D eigenvalue weighted by molar-refractivity contribution is -0.122. The number of anilines is 1. The zero-order chi connectivity index (χ0) is 18.4. The fraction of sp³-hybridized carbons (Fsp3) is 0.429. The Morgan fingerprint density at radius 3 is 2.73 bits per heavy atom. The maximum Gasteiger partial charge on any atom is 0.217 e. The van der Waals surface area contributed by atoms with Crippen molar-refractivity contribution >= 4 is 11.7 Å². The Bertz CT molecular complexity index is 720. The smallest absolute Gasteiger partial charge is 0.217 e. The molecule has 0 saturated carbocycles. The summed E-state index contributed by atoms with van der Waals surface area (Å²) in [6.45, 7) is 1.58. The summed E-state index contributed by atoms with van der Waals surface area (Å²) in [7, 11) is 1.87. The van der Waals surface area contributed by atoms with E-state index in [1.807, 2.05) is 25.2 Å². The van der Waals surface area contributed by atoms with Crippen molar-refractivity contribution in [3.05, 3.63) is 59.8 Å². The topological polar surface area (TPSA) is 63.2 Å². The quantitative estimate of drug-likeness (QED) is 0.834. The van der Waals surface area contributed by atoms with Gasteiger partial charge in [0.05, 0.1) is 12.2 Å². The molecule has 2 aromatic rings. The third-order valence-electron chi connectivity index (χ3n) is 4.83. The van der Waals surface area contributed by atoms with Gasteiger partial charge >= 0.3 is 0 Å². The second-order valence-corrected chi connectivity index (χ2v) is 6.83. The van der Waals surface area contributed by atoms with Gasteiger partial charge < -0.3 is 15.4 Å². The van der Waals surface area contributed by atoms with Crippen LogP contribution in [0.15, 0.2) is 48.7 Å². The van der Waals surface area contributed by atoms with Crippen molar-refractivity contribution < 1.29 is 9.53 Å². The highest BCUT2D eigenvalue weighted by Gasteiger charge is 2.32. The molecule has 3 atom stereocenters. The molecule has 0 radical (unpaired) electrons. The van der Waals surface area contributed by atoms with Crippen molar-refractivity contribution in [2.24, 2.45) is 0 Å².